The fraction of sp³-hybridized carbons (Fsp3) is 0.636. The van der Waals surface area contributed by atoms with E-state index in [0.717, 1.165) is 19.2 Å². The minimum Gasteiger partial charge on any atom is -0.387 e. The molecule has 1 aliphatic heterocycles. The monoisotopic (exact) mass is 531 g/mol. The lowest BCUT2D eigenvalue weighted by Crippen LogP contribution is -2.52. The van der Waals surface area contributed by atoms with Gasteiger partial charge in [0.05, 0.1) is 6.61 Å². The van der Waals surface area contributed by atoms with Gasteiger partial charge in [-0.25, -0.2) is 27.3 Å². The van der Waals surface area contributed by atoms with Gasteiger partial charge in [-0.15, -0.1) is 0 Å². The fourth-order valence-corrected chi connectivity index (χ4v) is 5.72. The minimum atomic E-state index is -5.88. The third-order valence-electron chi connectivity index (χ3n) is 4.08. The SMILES string of the molecule is CC(F)[C@]1(COP(=O)(O)OP(=O)(O)OP(=O)(O)O)O[C@@H](n2ccc(N)nc2=O)[C@@H](F)[C@H]1O. The second-order valence-corrected chi connectivity index (χ2v) is 10.8. The molecule has 0 aromatic carbocycles. The van der Waals surface area contributed by atoms with Gasteiger partial charge in [0, 0.05) is 6.20 Å². The number of aliphatic hydroxyl groups excluding tert-OH is 1. The molecule has 0 radical (unpaired) electrons. The number of alkyl halides is 2. The van der Waals surface area contributed by atoms with Crippen molar-refractivity contribution in [3.63, 3.8) is 0 Å². The molecule has 32 heavy (non-hydrogen) atoms. The van der Waals surface area contributed by atoms with Gasteiger partial charge < -0.3 is 35.2 Å². The van der Waals surface area contributed by atoms with Gasteiger partial charge in [-0.05, 0) is 13.0 Å². The second kappa shape index (κ2) is 9.25. The molecule has 1 saturated heterocycles. The van der Waals surface area contributed by atoms with Crippen LogP contribution in [0.3, 0.4) is 0 Å². The van der Waals surface area contributed by atoms with Crippen molar-refractivity contribution < 1.29 is 65.0 Å². The first-order valence-electron chi connectivity index (χ1n) is 8.16. The van der Waals surface area contributed by atoms with E-state index in [0.29, 0.717) is 4.57 Å². The molecular formula is C11H18F2N3O13P3. The predicted molar refractivity (Wildman–Crippen MR) is 97.1 cm³/mol. The van der Waals surface area contributed by atoms with E-state index in [9.17, 15) is 37.3 Å². The van der Waals surface area contributed by atoms with E-state index < -0.39 is 66.0 Å². The summed E-state index contributed by atoms with van der Waals surface area (Å²) >= 11 is 0. The van der Waals surface area contributed by atoms with Crippen LogP contribution in [0.15, 0.2) is 17.1 Å². The molecule has 1 aromatic heterocycles. The molecule has 16 nitrogen and oxygen atoms in total. The van der Waals surface area contributed by atoms with Crippen molar-refractivity contribution in [2.24, 2.45) is 0 Å². The van der Waals surface area contributed by atoms with Crippen LogP contribution in [0.1, 0.15) is 13.2 Å². The Morgan fingerprint density at radius 1 is 1.28 bits per heavy atom. The average Bonchev–Trinajstić information content (AvgIpc) is 2.83. The number of nitrogens with two attached hydrogens (primary N) is 1. The van der Waals surface area contributed by atoms with Crippen LogP contribution in [0.5, 0.6) is 0 Å². The molecule has 1 aromatic rings. The smallest absolute Gasteiger partial charge is 0.387 e. The van der Waals surface area contributed by atoms with Crippen molar-refractivity contribution in [1.29, 1.82) is 0 Å². The Kier molecular flexibility index (Phi) is 7.84. The third-order valence-corrected chi connectivity index (χ3v) is 7.87. The van der Waals surface area contributed by atoms with Crippen molar-refractivity contribution in [3.8, 4) is 0 Å². The molecule has 2 heterocycles. The third kappa shape index (κ3) is 6.26. The van der Waals surface area contributed by atoms with Gasteiger partial charge in [0.25, 0.3) is 0 Å². The van der Waals surface area contributed by atoms with Gasteiger partial charge in [-0.1, -0.05) is 0 Å². The number of halogens is 2. The number of nitrogens with zero attached hydrogens (tertiary/aromatic N) is 2. The number of nitrogen functional groups attached to an aromatic ring is 1. The van der Waals surface area contributed by atoms with E-state index in [1.54, 1.807) is 0 Å². The van der Waals surface area contributed by atoms with Crippen LogP contribution in [-0.4, -0.2) is 64.9 Å². The lowest BCUT2D eigenvalue weighted by Gasteiger charge is -2.33. The molecule has 3 unspecified atom stereocenters. The maximum atomic E-state index is 14.7. The number of hydrogen-bond acceptors (Lipinski definition) is 11. The Morgan fingerprint density at radius 3 is 2.38 bits per heavy atom. The van der Waals surface area contributed by atoms with Crippen LogP contribution in [0.4, 0.5) is 14.6 Å². The Labute approximate surface area is 177 Å². The van der Waals surface area contributed by atoms with E-state index >= 15 is 0 Å². The van der Waals surface area contributed by atoms with Crippen LogP contribution >= 0.6 is 23.5 Å². The summed E-state index contributed by atoms with van der Waals surface area (Å²) in [5, 5.41) is 10.2. The van der Waals surface area contributed by atoms with Crippen molar-refractivity contribution >= 4 is 29.3 Å². The highest BCUT2D eigenvalue weighted by molar-refractivity contribution is 7.66. The highest BCUT2D eigenvalue weighted by Crippen LogP contribution is 2.66. The normalized spacial score (nSPS) is 31.1. The summed E-state index contributed by atoms with van der Waals surface area (Å²) in [5.41, 5.74) is 1.42. The van der Waals surface area contributed by atoms with Crippen molar-refractivity contribution in [2.45, 2.75) is 37.2 Å². The summed E-state index contributed by atoms with van der Waals surface area (Å²) in [6.07, 6.45) is -8.32. The van der Waals surface area contributed by atoms with Gasteiger partial charge in [0.1, 0.15) is 18.1 Å². The van der Waals surface area contributed by atoms with E-state index in [1.807, 2.05) is 0 Å². The molecule has 2 rings (SSSR count). The molecule has 0 amide bonds. The van der Waals surface area contributed by atoms with Gasteiger partial charge in [0.2, 0.25) is 0 Å². The summed E-state index contributed by atoms with van der Waals surface area (Å²) in [5.74, 6) is -0.238. The molecule has 21 heteroatoms. The summed E-state index contributed by atoms with van der Waals surface area (Å²) in [4.78, 5) is 50.9. The molecule has 0 spiro atoms. The van der Waals surface area contributed by atoms with E-state index in [4.69, 9.17) is 25.2 Å². The first-order valence-corrected chi connectivity index (χ1v) is 12.7. The molecular weight excluding hydrogens is 513 g/mol. The first kappa shape index (κ1) is 27.1. The van der Waals surface area contributed by atoms with Gasteiger partial charge in [-0.3, -0.25) is 9.09 Å². The molecule has 1 fully saturated rings. The number of aliphatic hydroxyl groups is 1. The Hall–Kier alpha value is -1.13. The van der Waals surface area contributed by atoms with Crippen LogP contribution < -0.4 is 11.4 Å². The van der Waals surface area contributed by atoms with Crippen LogP contribution in [0.2, 0.25) is 0 Å². The zero-order valence-electron chi connectivity index (χ0n) is 15.7. The van der Waals surface area contributed by atoms with Crippen molar-refractivity contribution in [1.82, 2.24) is 9.55 Å². The lowest BCUT2D eigenvalue weighted by atomic mass is 9.92. The number of phosphoric acid groups is 3. The fourth-order valence-electron chi connectivity index (χ4n) is 2.66. The number of hydrogen-bond donors (Lipinski definition) is 6. The Morgan fingerprint density at radius 2 is 1.88 bits per heavy atom. The molecule has 0 aliphatic carbocycles. The maximum absolute atomic E-state index is 14.7. The summed E-state index contributed by atoms with van der Waals surface area (Å²) in [6, 6.07) is 1.06. The quantitative estimate of drug-likeness (QED) is 0.220. The zero-order valence-corrected chi connectivity index (χ0v) is 18.4. The van der Waals surface area contributed by atoms with Crippen LogP contribution in [-0.2, 0) is 31.6 Å². The number of aromatic nitrogens is 2. The summed E-state index contributed by atoms with van der Waals surface area (Å²) < 4.78 is 79.9. The number of ether oxygens (including phenoxy) is 1. The number of phosphoric ester groups is 1. The predicted octanol–water partition coefficient (Wildman–Crippen LogP) is -0.507. The maximum Gasteiger partial charge on any atom is 0.490 e. The molecule has 184 valence electrons. The average molecular weight is 531 g/mol. The molecule has 0 saturated carbocycles. The van der Waals surface area contributed by atoms with Gasteiger partial charge >= 0.3 is 29.2 Å². The second-order valence-electron chi connectivity index (χ2n) is 6.38. The summed E-state index contributed by atoms with van der Waals surface area (Å²) in [6.45, 7) is -0.758. The highest BCUT2D eigenvalue weighted by atomic mass is 31.3. The van der Waals surface area contributed by atoms with Crippen LogP contribution in [0.25, 0.3) is 0 Å². The lowest BCUT2D eigenvalue weighted by molar-refractivity contribution is -0.158. The minimum absolute atomic E-state index is 0.238. The molecule has 1 aliphatic rings. The largest absolute Gasteiger partial charge is 0.490 e. The molecule has 7 N–H and O–H groups in total. The van der Waals surface area contributed by atoms with E-state index in [1.165, 1.54) is 0 Å². The summed E-state index contributed by atoms with van der Waals surface area (Å²) in [7, 11) is -17.3. The van der Waals surface area contributed by atoms with E-state index in [-0.39, 0.29) is 5.82 Å². The zero-order chi connectivity index (χ0) is 24.7. The molecule has 0 bridgehead atoms. The number of anilines is 1. The van der Waals surface area contributed by atoms with Crippen molar-refractivity contribution in [3.05, 3.63) is 22.7 Å². The van der Waals surface area contributed by atoms with E-state index in [2.05, 4.69) is 18.1 Å². The van der Waals surface area contributed by atoms with Gasteiger partial charge in [0.15, 0.2) is 18.0 Å². The van der Waals surface area contributed by atoms with Crippen LogP contribution in [0, 0.1) is 0 Å². The van der Waals surface area contributed by atoms with Crippen molar-refractivity contribution in [2.75, 3.05) is 12.3 Å². The van der Waals surface area contributed by atoms with Gasteiger partial charge in [-0.2, -0.15) is 13.6 Å². The topological polar surface area (TPSA) is 250 Å². The Balaban J connectivity index is 2.27. The molecule has 7 atom stereocenters. The Bertz CT molecular complexity index is 1050. The first-order chi connectivity index (χ1) is 14.4. The number of rotatable bonds is 9. The standard InChI is InChI=1S/C11H18F2N3O13P3/c1-5(12)11(4-26-31(22,23)29-32(24,25)28-30(19,20)21)8(17)7(13)9(27-11)16-3-2-6(14)15-10(16)18/h2-3,5,7-9,17H,4H2,1H3,(H,22,23)(H,24,25)(H2,14,15,18)(H2,19,20,21)/t5?,7-,8+,9+,11-/m0/s1. The highest BCUT2D eigenvalue weighted by Gasteiger charge is 2.60.